The molecule has 1 aliphatic heterocycles. The molecule has 2 unspecified atom stereocenters. The minimum atomic E-state index is -0.0549. The third-order valence-corrected chi connectivity index (χ3v) is 5.48. The van der Waals surface area contributed by atoms with Crippen LogP contribution in [0.1, 0.15) is 18.4 Å². The number of ether oxygens (including phenoxy) is 1. The second-order valence-electron chi connectivity index (χ2n) is 7.15. The Morgan fingerprint density at radius 3 is 2.80 bits per heavy atom. The lowest BCUT2D eigenvalue weighted by molar-refractivity contribution is -0.120. The van der Waals surface area contributed by atoms with Gasteiger partial charge in [0.1, 0.15) is 5.75 Å². The summed E-state index contributed by atoms with van der Waals surface area (Å²) >= 11 is 0. The highest BCUT2D eigenvalue weighted by Crippen LogP contribution is 2.61. The zero-order valence-electron chi connectivity index (χ0n) is 14.9. The number of hydrogen-bond acceptors (Lipinski definition) is 4. The summed E-state index contributed by atoms with van der Waals surface area (Å²) in [5.41, 5.74) is 1.98. The number of anilines is 2. The van der Waals surface area contributed by atoms with Crippen LogP contribution in [0.5, 0.6) is 5.75 Å². The van der Waals surface area contributed by atoms with E-state index >= 15 is 0 Å². The van der Waals surface area contributed by atoms with Crippen LogP contribution in [-0.4, -0.2) is 38.6 Å². The van der Waals surface area contributed by atoms with Gasteiger partial charge in [-0.15, -0.1) is 0 Å². The Morgan fingerprint density at radius 2 is 2.00 bits per heavy atom. The molecule has 1 aromatic carbocycles. The van der Waals surface area contributed by atoms with Crippen LogP contribution in [0.25, 0.3) is 0 Å². The molecular weight excluding hydrogens is 314 g/mol. The van der Waals surface area contributed by atoms with Gasteiger partial charge in [0.25, 0.3) is 0 Å². The molecule has 0 bridgehead atoms. The van der Waals surface area contributed by atoms with Crippen LogP contribution in [-0.2, 0) is 10.2 Å². The molecule has 2 aromatic rings. The van der Waals surface area contributed by atoms with E-state index < -0.39 is 0 Å². The van der Waals surface area contributed by atoms with Crippen LogP contribution in [0.4, 0.5) is 11.5 Å². The minimum absolute atomic E-state index is 0.0118. The average molecular weight is 337 g/mol. The molecule has 0 radical (unpaired) electrons. The third kappa shape index (κ3) is 2.46. The van der Waals surface area contributed by atoms with Gasteiger partial charge < -0.3 is 14.5 Å². The van der Waals surface area contributed by atoms with E-state index in [1.807, 2.05) is 56.4 Å². The Balaban J connectivity index is 1.62. The van der Waals surface area contributed by atoms with E-state index in [0.717, 1.165) is 30.1 Å². The molecule has 2 heterocycles. The Morgan fingerprint density at radius 1 is 1.20 bits per heavy atom. The number of aromatic nitrogens is 1. The SMILES string of the molecule is CN(C)c1ncccc1N(C)C(=O)C1CC12CCOc1ccccc12. The van der Waals surface area contributed by atoms with E-state index in [4.69, 9.17) is 4.74 Å². The summed E-state index contributed by atoms with van der Waals surface area (Å²) in [6.07, 6.45) is 3.56. The fraction of sp³-hybridized carbons (Fsp3) is 0.400. The topological polar surface area (TPSA) is 45.7 Å². The smallest absolute Gasteiger partial charge is 0.230 e. The number of rotatable bonds is 3. The molecule has 2 atom stereocenters. The lowest BCUT2D eigenvalue weighted by Gasteiger charge is -2.28. The molecular formula is C20H23N3O2. The summed E-state index contributed by atoms with van der Waals surface area (Å²) in [6, 6.07) is 12.0. The van der Waals surface area contributed by atoms with Gasteiger partial charge in [0.05, 0.1) is 12.3 Å². The first-order valence-electron chi connectivity index (χ1n) is 8.67. The molecule has 1 aliphatic carbocycles. The molecule has 4 rings (SSSR count). The van der Waals surface area contributed by atoms with Crippen molar-refractivity contribution in [2.24, 2.45) is 5.92 Å². The van der Waals surface area contributed by atoms with Gasteiger partial charge in [-0.25, -0.2) is 4.98 Å². The second-order valence-corrected chi connectivity index (χ2v) is 7.15. The lowest BCUT2D eigenvalue weighted by Crippen LogP contribution is -2.33. The van der Waals surface area contributed by atoms with Gasteiger partial charge in [0.15, 0.2) is 5.82 Å². The zero-order valence-corrected chi connectivity index (χ0v) is 14.9. The van der Waals surface area contributed by atoms with E-state index in [-0.39, 0.29) is 17.2 Å². The number of amides is 1. The number of fused-ring (bicyclic) bond motifs is 2. The number of pyridine rings is 1. The summed E-state index contributed by atoms with van der Waals surface area (Å²) in [5, 5.41) is 0. The van der Waals surface area contributed by atoms with Crippen molar-refractivity contribution in [1.82, 2.24) is 4.98 Å². The van der Waals surface area contributed by atoms with E-state index in [2.05, 4.69) is 11.1 Å². The lowest BCUT2D eigenvalue weighted by atomic mass is 9.87. The van der Waals surface area contributed by atoms with E-state index in [0.29, 0.717) is 6.61 Å². The maximum absolute atomic E-state index is 13.2. The number of para-hydroxylation sites is 1. The Labute approximate surface area is 148 Å². The largest absolute Gasteiger partial charge is 0.493 e. The fourth-order valence-electron chi connectivity index (χ4n) is 4.03. The maximum Gasteiger partial charge on any atom is 0.230 e. The van der Waals surface area contributed by atoms with Gasteiger partial charge in [-0.05, 0) is 31.0 Å². The number of carbonyl (C=O) groups excluding carboxylic acids is 1. The maximum atomic E-state index is 13.2. The van der Waals surface area contributed by atoms with Crippen molar-refractivity contribution in [3.05, 3.63) is 48.2 Å². The second kappa shape index (κ2) is 5.76. The molecule has 0 saturated heterocycles. The first-order valence-corrected chi connectivity index (χ1v) is 8.67. The van der Waals surface area contributed by atoms with Crippen LogP contribution >= 0.6 is 0 Å². The Hall–Kier alpha value is -2.56. The number of nitrogens with zero attached hydrogens (tertiary/aromatic N) is 3. The summed E-state index contributed by atoms with van der Waals surface area (Å²) < 4.78 is 5.78. The third-order valence-electron chi connectivity index (χ3n) is 5.48. The van der Waals surface area contributed by atoms with Crippen molar-refractivity contribution in [3.8, 4) is 5.75 Å². The van der Waals surface area contributed by atoms with Crippen LogP contribution in [0, 0.1) is 5.92 Å². The monoisotopic (exact) mass is 337 g/mol. The van der Waals surface area contributed by atoms with Crippen molar-refractivity contribution in [3.63, 3.8) is 0 Å². The average Bonchev–Trinajstić information content (AvgIpc) is 3.35. The van der Waals surface area contributed by atoms with Crippen molar-refractivity contribution in [1.29, 1.82) is 0 Å². The van der Waals surface area contributed by atoms with E-state index in [1.165, 1.54) is 5.56 Å². The standard InChI is InChI=1S/C20H23N3O2/c1-22(2)18-16(8-6-11-21-18)23(3)19(24)15-13-20(15)10-12-25-17-9-5-4-7-14(17)20/h4-9,11,15H,10,12-13H2,1-3H3. The van der Waals surface area contributed by atoms with Gasteiger partial charge in [0, 0.05) is 44.2 Å². The zero-order chi connectivity index (χ0) is 17.6. The van der Waals surface area contributed by atoms with Gasteiger partial charge in [-0.2, -0.15) is 0 Å². The van der Waals surface area contributed by atoms with Gasteiger partial charge >= 0.3 is 0 Å². The predicted molar refractivity (Wildman–Crippen MR) is 98.3 cm³/mol. The van der Waals surface area contributed by atoms with Crippen molar-refractivity contribution in [2.75, 3.05) is 37.5 Å². The normalized spacial score (nSPS) is 23.6. The molecule has 1 saturated carbocycles. The molecule has 5 heteroatoms. The van der Waals surface area contributed by atoms with Crippen molar-refractivity contribution in [2.45, 2.75) is 18.3 Å². The predicted octanol–water partition coefficient (Wildman–Crippen LogP) is 2.85. The quantitative estimate of drug-likeness (QED) is 0.864. The summed E-state index contributed by atoms with van der Waals surface area (Å²) in [6.45, 7) is 0.681. The van der Waals surface area contributed by atoms with Gasteiger partial charge in [-0.1, -0.05) is 18.2 Å². The molecule has 2 aliphatic rings. The highest BCUT2D eigenvalue weighted by atomic mass is 16.5. The summed E-state index contributed by atoms with van der Waals surface area (Å²) in [4.78, 5) is 21.3. The molecule has 130 valence electrons. The molecule has 1 amide bonds. The molecule has 1 spiro atoms. The van der Waals surface area contributed by atoms with Crippen LogP contribution in [0.15, 0.2) is 42.6 Å². The molecule has 25 heavy (non-hydrogen) atoms. The molecule has 0 N–H and O–H groups in total. The number of hydrogen-bond donors (Lipinski definition) is 0. The summed E-state index contributed by atoms with van der Waals surface area (Å²) in [7, 11) is 5.73. The van der Waals surface area contributed by atoms with Crippen LogP contribution in [0.3, 0.4) is 0 Å². The summed E-state index contributed by atoms with van der Waals surface area (Å²) in [5.74, 6) is 1.91. The Kier molecular flexibility index (Phi) is 3.67. The Bertz CT molecular complexity index is 820. The van der Waals surface area contributed by atoms with Gasteiger partial charge in [0.2, 0.25) is 5.91 Å². The van der Waals surface area contributed by atoms with Crippen LogP contribution in [0.2, 0.25) is 0 Å². The van der Waals surface area contributed by atoms with Crippen molar-refractivity contribution < 1.29 is 9.53 Å². The highest BCUT2D eigenvalue weighted by molar-refractivity contribution is 6.00. The molecule has 5 nitrogen and oxygen atoms in total. The number of carbonyl (C=O) groups is 1. The first-order chi connectivity index (χ1) is 12.0. The fourth-order valence-corrected chi connectivity index (χ4v) is 4.03. The van der Waals surface area contributed by atoms with Crippen LogP contribution < -0.4 is 14.5 Å². The minimum Gasteiger partial charge on any atom is -0.493 e. The first kappa shape index (κ1) is 15.9. The molecule has 1 fully saturated rings. The van der Waals surface area contributed by atoms with E-state index in [9.17, 15) is 4.79 Å². The van der Waals surface area contributed by atoms with Crippen molar-refractivity contribution >= 4 is 17.4 Å². The van der Waals surface area contributed by atoms with Gasteiger partial charge in [-0.3, -0.25) is 4.79 Å². The molecule has 1 aromatic heterocycles. The number of benzene rings is 1. The van der Waals surface area contributed by atoms with E-state index in [1.54, 1.807) is 11.1 Å². The highest BCUT2D eigenvalue weighted by Gasteiger charge is 2.61.